The first-order valence-electron chi connectivity index (χ1n) is 11.3. The van der Waals surface area contributed by atoms with E-state index in [1.165, 1.54) is 0 Å². The van der Waals surface area contributed by atoms with Crippen LogP contribution < -0.4 is 10.2 Å². The van der Waals surface area contributed by atoms with Crippen LogP contribution in [-0.4, -0.2) is 29.6 Å². The molecule has 1 heterocycles. The molecule has 0 saturated carbocycles. The smallest absolute Gasteiger partial charge is 0.270 e. The summed E-state index contributed by atoms with van der Waals surface area (Å²) in [4.78, 5) is 20.7. The fraction of sp³-hybridized carbons (Fsp3) is 0.214. The summed E-state index contributed by atoms with van der Waals surface area (Å²) in [6.45, 7) is 4.68. The van der Waals surface area contributed by atoms with Gasteiger partial charge in [-0.05, 0) is 31.5 Å². The lowest BCUT2D eigenvalue weighted by Gasteiger charge is -2.17. The van der Waals surface area contributed by atoms with Crippen molar-refractivity contribution in [3.05, 3.63) is 96.2 Å². The standard InChI is InChI=1S/C28H30N4O/c1-5-32-26(28(33)29-20(2)21-13-8-6-9-14-21)25(23-17-12-18-24(19-23)31(3)4)30-27(32)22-15-10-7-11-16-22/h6-20H,5H2,1-4H3,(H,29,33). The Morgan fingerprint density at radius 2 is 1.58 bits per heavy atom. The third-order valence-electron chi connectivity index (χ3n) is 5.81. The Morgan fingerprint density at radius 3 is 2.21 bits per heavy atom. The highest BCUT2D eigenvalue weighted by molar-refractivity contribution is 6.00. The second-order valence-corrected chi connectivity index (χ2v) is 8.29. The number of benzene rings is 3. The van der Waals surface area contributed by atoms with Crippen molar-refractivity contribution in [1.82, 2.24) is 14.9 Å². The van der Waals surface area contributed by atoms with Gasteiger partial charge in [0, 0.05) is 37.5 Å². The van der Waals surface area contributed by atoms with Crippen molar-refractivity contribution in [1.29, 1.82) is 0 Å². The van der Waals surface area contributed by atoms with Gasteiger partial charge < -0.3 is 14.8 Å². The van der Waals surface area contributed by atoms with Gasteiger partial charge in [-0.25, -0.2) is 4.98 Å². The number of nitrogens with one attached hydrogen (secondary N) is 1. The maximum Gasteiger partial charge on any atom is 0.270 e. The highest BCUT2D eigenvalue weighted by Crippen LogP contribution is 2.31. The van der Waals surface area contributed by atoms with Gasteiger partial charge >= 0.3 is 0 Å². The van der Waals surface area contributed by atoms with Crippen molar-refractivity contribution in [2.45, 2.75) is 26.4 Å². The van der Waals surface area contributed by atoms with Crippen LogP contribution in [0.2, 0.25) is 0 Å². The Labute approximate surface area is 195 Å². The van der Waals surface area contributed by atoms with Crippen LogP contribution in [0, 0.1) is 0 Å². The highest BCUT2D eigenvalue weighted by atomic mass is 16.2. The third-order valence-corrected chi connectivity index (χ3v) is 5.81. The lowest BCUT2D eigenvalue weighted by molar-refractivity contribution is 0.0931. The van der Waals surface area contributed by atoms with Crippen LogP contribution in [-0.2, 0) is 6.54 Å². The minimum atomic E-state index is -0.131. The van der Waals surface area contributed by atoms with E-state index in [-0.39, 0.29) is 11.9 Å². The second-order valence-electron chi connectivity index (χ2n) is 8.29. The summed E-state index contributed by atoms with van der Waals surface area (Å²) in [5.74, 6) is 0.661. The highest BCUT2D eigenvalue weighted by Gasteiger charge is 2.25. The predicted molar refractivity (Wildman–Crippen MR) is 135 cm³/mol. The van der Waals surface area contributed by atoms with Gasteiger partial charge in [0.2, 0.25) is 0 Å². The van der Waals surface area contributed by atoms with Gasteiger partial charge in [-0.2, -0.15) is 0 Å². The molecule has 4 rings (SSSR count). The first-order valence-corrected chi connectivity index (χ1v) is 11.3. The summed E-state index contributed by atoms with van der Waals surface area (Å²) in [5.41, 5.74) is 5.30. The molecule has 0 aliphatic heterocycles. The number of amides is 1. The molecule has 0 aliphatic carbocycles. The summed E-state index contributed by atoms with van der Waals surface area (Å²) >= 11 is 0. The Hall–Kier alpha value is -3.86. The molecule has 3 aromatic carbocycles. The molecule has 0 fully saturated rings. The van der Waals surface area contributed by atoms with E-state index in [2.05, 4.69) is 22.3 Å². The Morgan fingerprint density at radius 1 is 0.939 bits per heavy atom. The van der Waals surface area contributed by atoms with Crippen molar-refractivity contribution in [2.24, 2.45) is 0 Å². The molecule has 168 valence electrons. The number of rotatable bonds is 7. The molecule has 5 heteroatoms. The van der Waals surface area contributed by atoms with Crippen molar-refractivity contribution >= 4 is 11.6 Å². The Kier molecular flexibility index (Phi) is 6.59. The van der Waals surface area contributed by atoms with E-state index in [1.54, 1.807) is 0 Å². The summed E-state index contributed by atoms with van der Waals surface area (Å²) < 4.78 is 2.01. The lowest BCUT2D eigenvalue weighted by Crippen LogP contribution is -2.29. The minimum Gasteiger partial charge on any atom is -0.378 e. The van der Waals surface area contributed by atoms with Crippen LogP contribution >= 0.6 is 0 Å². The molecule has 5 nitrogen and oxygen atoms in total. The molecule has 1 unspecified atom stereocenters. The summed E-state index contributed by atoms with van der Waals surface area (Å²) in [6, 6.07) is 28.1. The zero-order chi connectivity index (χ0) is 23.4. The van der Waals surface area contributed by atoms with Crippen LogP contribution in [0.4, 0.5) is 5.69 Å². The maximum atomic E-state index is 13.7. The van der Waals surface area contributed by atoms with E-state index < -0.39 is 0 Å². The molecule has 1 N–H and O–H groups in total. The molecule has 0 saturated heterocycles. The lowest BCUT2D eigenvalue weighted by atomic mass is 10.1. The normalized spacial score (nSPS) is 11.8. The van der Waals surface area contributed by atoms with Gasteiger partial charge in [0.15, 0.2) is 0 Å². The Bertz CT molecular complexity index is 1230. The monoisotopic (exact) mass is 438 g/mol. The van der Waals surface area contributed by atoms with E-state index in [0.29, 0.717) is 17.9 Å². The number of anilines is 1. The first kappa shape index (κ1) is 22.3. The first-order chi connectivity index (χ1) is 16.0. The van der Waals surface area contributed by atoms with Gasteiger partial charge in [0.05, 0.1) is 6.04 Å². The molecule has 0 bridgehead atoms. The van der Waals surface area contributed by atoms with Gasteiger partial charge in [0.1, 0.15) is 17.2 Å². The van der Waals surface area contributed by atoms with Crippen LogP contribution in [0.1, 0.15) is 35.9 Å². The fourth-order valence-corrected chi connectivity index (χ4v) is 4.02. The van der Waals surface area contributed by atoms with Crippen molar-refractivity contribution in [3.8, 4) is 22.6 Å². The van der Waals surface area contributed by atoms with Crippen molar-refractivity contribution in [3.63, 3.8) is 0 Å². The zero-order valence-electron chi connectivity index (χ0n) is 19.6. The number of aromatic nitrogens is 2. The van der Waals surface area contributed by atoms with Gasteiger partial charge in [-0.15, -0.1) is 0 Å². The number of carbonyl (C=O) groups excluding carboxylic acids is 1. The van der Waals surface area contributed by atoms with E-state index >= 15 is 0 Å². The summed E-state index contributed by atoms with van der Waals surface area (Å²) in [5, 5.41) is 3.19. The average Bonchev–Trinajstić information content (AvgIpc) is 3.25. The molecule has 4 aromatic rings. The third kappa shape index (κ3) is 4.67. The van der Waals surface area contributed by atoms with Gasteiger partial charge in [-0.3, -0.25) is 4.79 Å². The summed E-state index contributed by atoms with van der Waals surface area (Å²) in [7, 11) is 4.02. The molecule has 0 radical (unpaired) electrons. The van der Waals surface area contributed by atoms with E-state index in [9.17, 15) is 4.79 Å². The molecular formula is C28H30N4O. The Balaban J connectivity index is 1.84. The second kappa shape index (κ2) is 9.74. The SMILES string of the molecule is CCn1c(-c2ccccc2)nc(-c2cccc(N(C)C)c2)c1C(=O)NC(C)c1ccccc1. The number of hydrogen-bond acceptors (Lipinski definition) is 3. The number of imidazole rings is 1. The molecule has 33 heavy (non-hydrogen) atoms. The largest absolute Gasteiger partial charge is 0.378 e. The van der Waals surface area contributed by atoms with Crippen molar-refractivity contribution in [2.75, 3.05) is 19.0 Å². The summed E-state index contributed by atoms with van der Waals surface area (Å²) in [6.07, 6.45) is 0. The van der Waals surface area contributed by atoms with Crippen LogP contribution in [0.15, 0.2) is 84.9 Å². The fourth-order valence-electron chi connectivity index (χ4n) is 4.02. The van der Waals surface area contributed by atoms with Crippen LogP contribution in [0.3, 0.4) is 0 Å². The molecule has 0 aliphatic rings. The number of carbonyl (C=O) groups is 1. The predicted octanol–water partition coefficient (Wildman–Crippen LogP) is 5.79. The van der Waals surface area contributed by atoms with Crippen molar-refractivity contribution < 1.29 is 4.79 Å². The molecule has 1 atom stereocenters. The molecular weight excluding hydrogens is 408 g/mol. The molecule has 0 spiro atoms. The van der Waals surface area contributed by atoms with E-state index in [0.717, 1.165) is 28.2 Å². The van der Waals surface area contributed by atoms with Crippen LogP contribution in [0.25, 0.3) is 22.6 Å². The topological polar surface area (TPSA) is 50.2 Å². The van der Waals surface area contributed by atoms with Gasteiger partial charge in [-0.1, -0.05) is 72.8 Å². The van der Waals surface area contributed by atoms with Crippen LogP contribution in [0.5, 0.6) is 0 Å². The zero-order valence-corrected chi connectivity index (χ0v) is 19.6. The molecule has 1 amide bonds. The van der Waals surface area contributed by atoms with E-state index in [1.807, 2.05) is 105 Å². The number of nitrogens with zero attached hydrogens (tertiary/aromatic N) is 3. The quantitative estimate of drug-likeness (QED) is 0.397. The molecule has 1 aromatic heterocycles. The minimum absolute atomic E-state index is 0.125. The van der Waals surface area contributed by atoms with E-state index in [4.69, 9.17) is 4.98 Å². The number of hydrogen-bond donors (Lipinski definition) is 1. The maximum absolute atomic E-state index is 13.7. The average molecular weight is 439 g/mol. The van der Waals surface area contributed by atoms with Gasteiger partial charge in [0.25, 0.3) is 5.91 Å².